The Balaban J connectivity index is 1.36. The maximum Gasteiger partial charge on any atom is 0.282 e. The molecule has 0 aliphatic heterocycles. The normalized spacial score (nSPS) is 17.5. The van der Waals surface area contributed by atoms with Gasteiger partial charge in [0.25, 0.3) is 12.3 Å². The Morgan fingerprint density at radius 2 is 2.11 bits per heavy atom. The van der Waals surface area contributed by atoms with E-state index >= 15 is 0 Å². The summed E-state index contributed by atoms with van der Waals surface area (Å²) >= 11 is 0. The van der Waals surface area contributed by atoms with Crippen LogP contribution in [0.15, 0.2) is 41.3 Å². The van der Waals surface area contributed by atoms with Crippen LogP contribution in [0.3, 0.4) is 0 Å². The van der Waals surface area contributed by atoms with E-state index in [0.717, 1.165) is 11.8 Å². The van der Waals surface area contributed by atoms with Gasteiger partial charge in [-0.3, -0.25) is 14.2 Å². The van der Waals surface area contributed by atoms with Crippen molar-refractivity contribution >= 4 is 17.2 Å². The second kappa shape index (κ2) is 9.56. The number of anilines is 1. The summed E-state index contributed by atoms with van der Waals surface area (Å²) in [7, 11) is 0. The first kappa shape index (κ1) is 24.8. The molecule has 1 saturated carbocycles. The quantitative estimate of drug-likeness (QED) is 0.341. The first-order valence-corrected chi connectivity index (χ1v) is 11.4. The maximum atomic E-state index is 13.6. The number of carbonyl (C=O) groups excluding carboxylic acids is 1. The van der Waals surface area contributed by atoms with Crippen molar-refractivity contribution in [1.82, 2.24) is 24.5 Å². The average Bonchev–Trinajstić information content (AvgIpc) is 3.22. The zero-order chi connectivity index (χ0) is 26.3. The molecule has 13 heteroatoms. The van der Waals surface area contributed by atoms with E-state index in [1.165, 1.54) is 16.7 Å². The zero-order valence-corrected chi connectivity index (χ0v) is 19.9. The molecule has 0 saturated heterocycles. The standard InChI is InChI=1S/C24H23F3N6O4/c1-24(2,35)11-36-10-12-3-4-33-17(9-28-18(33)5-12)22(34)30-16-6-13(8-29-19(16)20(26)27)21-31-23(37-32-21)14-7-15(14)25/h3-6,8-9,14-15,20,35H,7,10-11H2,1-2H3,(H,30,34)/t14-,15-/m0/s1. The molecule has 0 radical (unpaired) electrons. The number of hydrogen-bond acceptors (Lipinski definition) is 8. The number of imidazole rings is 1. The van der Waals surface area contributed by atoms with Gasteiger partial charge in [-0.1, -0.05) is 5.16 Å². The summed E-state index contributed by atoms with van der Waals surface area (Å²) in [5, 5.41) is 16.0. The lowest BCUT2D eigenvalue weighted by Crippen LogP contribution is -2.25. The van der Waals surface area contributed by atoms with Crippen molar-refractivity contribution in [3.63, 3.8) is 0 Å². The molecule has 1 fully saturated rings. The van der Waals surface area contributed by atoms with Crippen molar-refractivity contribution in [2.45, 2.75) is 51.0 Å². The third-order valence-corrected chi connectivity index (χ3v) is 5.64. The Hall–Kier alpha value is -3.84. The number of amides is 1. The van der Waals surface area contributed by atoms with Crippen LogP contribution < -0.4 is 5.32 Å². The van der Waals surface area contributed by atoms with Gasteiger partial charge in [0.05, 0.1) is 36.6 Å². The van der Waals surface area contributed by atoms with Crippen LogP contribution in [-0.2, 0) is 11.3 Å². The van der Waals surface area contributed by atoms with Gasteiger partial charge in [-0.2, -0.15) is 4.98 Å². The molecule has 4 aromatic rings. The van der Waals surface area contributed by atoms with Gasteiger partial charge >= 0.3 is 0 Å². The molecule has 2 atom stereocenters. The Bertz CT molecular complexity index is 1450. The molecule has 0 unspecified atom stereocenters. The largest absolute Gasteiger partial charge is 0.388 e. The topological polar surface area (TPSA) is 128 Å². The van der Waals surface area contributed by atoms with E-state index in [1.54, 1.807) is 32.2 Å². The van der Waals surface area contributed by atoms with Gasteiger partial charge in [-0.05, 0) is 44.0 Å². The van der Waals surface area contributed by atoms with E-state index in [2.05, 4.69) is 25.4 Å². The predicted octanol–water partition coefficient (Wildman–Crippen LogP) is 4.08. The molecule has 0 bridgehead atoms. The van der Waals surface area contributed by atoms with Crippen LogP contribution in [0.5, 0.6) is 0 Å². The summed E-state index contributed by atoms with van der Waals surface area (Å²) in [6, 6.07) is 4.70. The van der Waals surface area contributed by atoms with Gasteiger partial charge in [0.1, 0.15) is 23.2 Å². The van der Waals surface area contributed by atoms with Gasteiger partial charge in [-0.15, -0.1) is 0 Å². The zero-order valence-electron chi connectivity index (χ0n) is 19.9. The number of fused-ring (bicyclic) bond motifs is 1. The molecule has 1 aliphatic carbocycles. The van der Waals surface area contributed by atoms with Crippen LogP contribution in [0.25, 0.3) is 17.0 Å². The van der Waals surface area contributed by atoms with Crippen LogP contribution in [-0.4, -0.2) is 53.9 Å². The monoisotopic (exact) mass is 516 g/mol. The minimum absolute atomic E-state index is 0.0482. The minimum Gasteiger partial charge on any atom is -0.388 e. The van der Waals surface area contributed by atoms with E-state index in [0.29, 0.717) is 12.1 Å². The number of alkyl halides is 3. The Morgan fingerprint density at radius 3 is 2.81 bits per heavy atom. The number of nitrogens with one attached hydrogen (secondary N) is 1. The highest BCUT2D eigenvalue weighted by atomic mass is 19.3. The molecular formula is C24H23F3N6O4. The number of ether oxygens (including phenoxy) is 1. The van der Waals surface area contributed by atoms with Crippen molar-refractivity contribution in [2.24, 2.45) is 0 Å². The van der Waals surface area contributed by atoms with Gasteiger partial charge in [0.2, 0.25) is 11.7 Å². The number of halogens is 3. The third kappa shape index (κ3) is 5.47. The number of aliphatic hydroxyl groups is 1. The molecule has 4 heterocycles. The molecule has 194 valence electrons. The van der Waals surface area contributed by atoms with Crippen molar-refractivity contribution < 1.29 is 32.3 Å². The first-order valence-electron chi connectivity index (χ1n) is 11.4. The molecule has 10 nitrogen and oxygen atoms in total. The lowest BCUT2D eigenvalue weighted by molar-refractivity contribution is -0.0268. The Morgan fingerprint density at radius 1 is 1.32 bits per heavy atom. The fraction of sp³-hybridized carbons (Fsp3) is 0.375. The number of nitrogens with zero attached hydrogens (tertiary/aromatic N) is 5. The summed E-state index contributed by atoms with van der Waals surface area (Å²) in [6.07, 6.45) is 0.364. The van der Waals surface area contributed by atoms with Gasteiger partial charge in [0.15, 0.2) is 0 Å². The SMILES string of the molecule is CC(C)(O)COCc1ccn2c(C(=O)Nc3cc(-c4noc([C@H]5C[C@@H]5F)n4)cnc3C(F)F)cnc2c1. The molecule has 4 aromatic heterocycles. The second-order valence-corrected chi connectivity index (χ2v) is 9.44. The second-order valence-electron chi connectivity index (χ2n) is 9.44. The highest BCUT2D eigenvalue weighted by Gasteiger charge is 2.43. The first-order chi connectivity index (χ1) is 17.6. The molecule has 0 spiro atoms. The lowest BCUT2D eigenvalue weighted by atomic mass is 10.2. The number of pyridine rings is 2. The summed E-state index contributed by atoms with van der Waals surface area (Å²) in [5.41, 5.74) is -0.282. The molecule has 1 aliphatic rings. The van der Waals surface area contributed by atoms with E-state index in [4.69, 9.17) is 9.26 Å². The highest BCUT2D eigenvalue weighted by Crippen LogP contribution is 2.43. The van der Waals surface area contributed by atoms with E-state index in [9.17, 15) is 23.1 Å². The number of aromatic nitrogens is 5. The summed E-state index contributed by atoms with van der Waals surface area (Å²) < 4.78 is 52.6. The van der Waals surface area contributed by atoms with Crippen LogP contribution in [0.1, 0.15) is 60.2 Å². The van der Waals surface area contributed by atoms with Crippen molar-refractivity contribution in [2.75, 3.05) is 11.9 Å². The van der Waals surface area contributed by atoms with E-state index < -0.39 is 35.7 Å². The lowest BCUT2D eigenvalue weighted by Gasteiger charge is -2.16. The molecule has 2 N–H and O–H groups in total. The maximum absolute atomic E-state index is 13.6. The Kier molecular flexibility index (Phi) is 6.42. The molecule has 0 aromatic carbocycles. The van der Waals surface area contributed by atoms with Gasteiger partial charge in [-0.25, -0.2) is 18.2 Å². The molecule has 1 amide bonds. The van der Waals surface area contributed by atoms with Crippen LogP contribution >= 0.6 is 0 Å². The van der Waals surface area contributed by atoms with Gasteiger partial charge in [0, 0.05) is 18.0 Å². The fourth-order valence-corrected chi connectivity index (χ4v) is 3.68. The van der Waals surface area contributed by atoms with E-state index in [-0.39, 0.29) is 41.9 Å². The number of carbonyl (C=O) groups is 1. The minimum atomic E-state index is -2.96. The fourth-order valence-electron chi connectivity index (χ4n) is 3.68. The summed E-state index contributed by atoms with van der Waals surface area (Å²) in [5.74, 6) is -0.974. The average molecular weight is 516 g/mol. The van der Waals surface area contributed by atoms with Crippen molar-refractivity contribution in [3.8, 4) is 11.4 Å². The van der Waals surface area contributed by atoms with E-state index in [1.807, 2.05) is 0 Å². The van der Waals surface area contributed by atoms with Gasteiger partial charge < -0.3 is 19.7 Å². The smallest absolute Gasteiger partial charge is 0.282 e. The number of hydrogen-bond donors (Lipinski definition) is 2. The number of rotatable bonds is 9. The van der Waals surface area contributed by atoms with Crippen LogP contribution in [0.2, 0.25) is 0 Å². The summed E-state index contributed by atoms with van der Waals surface area (Å²) in [6.45, 7) is 3.64. The molecule has 5 rings (SSSR count). The third-order valence-electron chi connectivity index (χ3n) is 5.64. The summed E-state index contributed by atoms with van der Waals surface area (Å²) in [4.78, 5) is 25.2. The van der Waals surface area contributed by atoms with Crippen LogP contribution in [0.4, 0.5) is 18.9 Å². The predicted molar refractivity (Wildman–Crippen MR) is 124 cm³/mol. The van der Waals surface area contributed by atoms with Crippen molar-refractivity contribution in [1.29, 1.82) is 0 Å². The van der Waals surface area contributed by atoms with Crippen LogP contribution in [0, 0.1) is 0 Å². The molecular weight excluding hydrogens is 493 g/mol. The Labute approximate surface area is 208 Å². The van der Waals surface area contributed by atoms with Crippen molar-refractivity contribution in [3.05, 3.63) is 59.6 Å². The molecule has 37 heavy (non-hydrogen) atoms. The highest BCUT2D eigenvalue weighted by molar-refractivity contribution is 6.04.